The van der Waals surface area contributed by atoms with E-state index in [9.17, 15) is 0 Å². The Bertz CT molecular complexity index is 3140. The Morgan fingerprint density at radius 1 is 0.377 bits per heavy atom. The SMILES string of the molecule is c1ccc(N(c2ccccc2)c2cccc3oc4c5ccccc5c(-c5ccc(-c6cccc7c6sc6ccccc67)c6ccccc56)cc4c23)cc1. The average molecular weight is 694 g/mol. The Hall–Kier alpha value is -6.68. The molecule has 0 amide bonds. The summed E-state index contributed by atoms with van der Waals surface area (Å²) in [4.78, 5) is 2.34. The molecule has 0 fully saturated rings. The molecule has 0 spiro atoms. The van der Waals surface area contributed by atoms with Gasteiger partial charge in [-0.05, 0) is 81.4 Å². The lowest BCUT2D eigenvalue weighted by atomic mass is 9.89. The van der Waals surface area contributed by atoms with Gasteiger partial charge in [0.05, 0.1) is 11.1 Å². The molecule has 2 heterocycles. The van der Waals surface area contributed by atoms with E-state index in [1.807, 2.05) is 11.3 Å². The third-order valence-corrected chi connectivity index (χ3v) is 11.9. The molecular weight excluding hydrogens is 663 g/mol. The van der Waals surface area contributed by atoms with Gasteiger partial charge in [0.15, 0.2) is 0 Å². The summed E-state index contributed by atoms with van der Waals surface area (Å²) >= 11 is 1.88. The maximum Gasteiger partial charge on any atom is 0.143 e. The Labute approximate surface area is 310 Å². The molecule has 2 nitrogen and oxygen atoms in total. The summed E-state index contributed by atoms with van der Waals surface area (Å²) in [6.45, 7) is 0. The van der Waals surface area contributed by atoms with Crippen LogP contribution in [0.4, 0.5) is 17.1 Å². The van der Waals surface area contributed by atoms with E-state index in [0.29, 0.717) is 0 Å². The predicted octanol–water partition coefficient (Wildman–Crippen LogP) is 15.1. The first kappa shape index (κ1) is 30.0. The zero-order valence-electron chi connectivity index (χ0n) is 28.7. The first-order valence-electron chi connectivity index (χ1n) is 18.0. The molecule has 0 radical (unpaired) electrons. The lowest BCUT2D eigenvalue weighted by Gasteiger charge is -2.26. The summed E-state index contributed by atoms with van der Waals surface area (Å²) in [5, 5.41) is 9.59. The first-order valence-corrected chi connectivity index (χ1v) is 18.8. The van der Waals surface area contributed by atoms with Crippen LogP contribution in [-0.4, -0.2) is 0 Å². The summed E-state index contributed by atoms with van der Waals surface area (Å²) in [5.74, 6) is 0. The number of benzene rings is 9. The minimum absolute atomic E-state index is 0.869. The van der Waals surface area contributed by atoms with Gasteiger partial charge in [0.1, 0.15) is 11.2 Å². The number of hydrogen-bond donors (Lipinski definition) is 0. The van der Waals surface area contributed by atoms with Crippen LogP contribution >= 0.6 is 11.3 Å². The quantitative estimate of drug-likeness (QED) is 0.178. The van der Waals surface area contributed by atoms with Gasteiger partial charge in [-0.3, -0.25) is 0 Å². The van der Waals surface area contributed by atoms with Crippen molar-refractivity contribution >= 4 is 92.1 Å². The van der Waals surface area contributed by atoms with E-state index < -0.39 is 0 Å². The van der Waals surface area contributed by atoms with Gasteiger partial charge < -0.3 is 9.32 Å². The fourth-order valence-corrected chi connectivity index (χ4v) is 9.58. The van der Waals surface area contributed by atoms with Gasteiger partial charge in [-0.2, -0.15) is 0 Å². The maximum absolute atomic E-state index is 6.82. The Morgan fingerprint density at radius 3 is 1.62 bits per heavy atom. The van der Waals surface area contributed by atoms with Crippen LogP contribution in [-0.2, 0) is 0 Å². The molecule has 0 saturated heterocycles. The molecule has 0 saturated carbocycles. The molecule has 248 valence electrons. The third kappa shape index (κ3) is 4.64. The first-order chi connectivity index (χ1) is 26.3. The van der Waals surface area contributed by atoms with Gasteiger partial charge in [0.25, 0.3) is 0 Å². The zero-order chi connectivity index (χ0) is 34.9. The highest BCUT2D eigenvalue weighted by Gasteiger charge is 2.22. The number of fused-ring (bicyclic) bond motifs is 9. The minimum Gasteiger partial charge on any atom is -0.455 e. The molecule has 0 N–H and O–H groups in total. The second-order valence-corrected chi connectivity index (χ2v) is 14.6. The van der Waals surface area contributed by atoms with E-state index in [4.69, 9.17) is 4.42 Å². The average Bonchev–Trinajstić information content (AvgIpc) is 3.81. The molecule has 0 aliphatic rings. The topological polar surface area (TPSA) is 16.4 Å². The van der Waals surface area contributed by atoms with E-state index in [1.165, 1.54) is 58.6 Å². The molecule has 2 aromatic heterocycles. The molecule has 11 aromatic rings. The normalized spacial score (nSPS) is 11.8. The summed E-state index contributed by atoms with van der Waals surface area (Å²) < 4.78 is 9.47. The molecule has 0 aliphatic heterocycles. The van der Waals surface area contributed by atoms with E-state index in [0.717, 1.165) is 44.4 Å². The fourth-order valence-electron chi connectivity index (χ4n) is 8.35. The van der Waals surface area contributed by atoms with Crippen molar-refractivity contribution in [3.63, 3.8) is 0 Å². The second kappa shape index (κ2) is 11.9. The van der Waals surface area contributed by atoms with Gasteiger partial charge >= 0.3 is 0 Å². The largest absolute Gasteiger partial charge is 0.455 e. The van der Waals surface area contributed by atoms with Gasteiger partial charge in [0.2, 0.25) is 0 Å². The molecule has 11 rings (SSSR count). The lowest BCUT2D eigenvalue weighted by Crippen LogP contribution is -2.09. The number of hydrogen-bond acceptors (Lipinski definition) is 3. The van der Waals surface area contributed by atoms with E-state index in [2.05, 4.69) is 193 Å². The number of furan rings is 1. The highest BCUT2D eigenvalue weighted by molar-refractivity contribution is 7.26. The Morgan fingerprint density at radius 2 is 0.925 bits per heavy atom. The highest BCUT2D eigenvalue weighted by atomic mass is 32.1. The van der Waals surface area contributed by atoms with Crippen molar-refractivity contribution < 1.29 is 4.42 Å². The monoisotopic (exact) mass is 693 g/mol. The summed E-state index contributed by atoms with van der Waals surface area (Å²) in [6, 6.07) is 67.7. The van der Waals surface area contributed by atoms with Crippen molar-refractivity contribution in [3.05, 3.63) is 188 Å². The van der Waals surface area contributed by atoms with E-state index in [1.54, 1.807) is 0 Å². The van der Waals surface area contributed by atoms with Crippen LogP contribution in [0.1, 0.15) is 0 Å². The fraction of sp³-hybridized carbons (Fsp3) is 0. The predicted molar refractivity (Wildman–Crippen MR) is 227 cm³/mol. The Balaban J connectivity index is 1.19. The van der Waals surface area contributed by atoms with Gasteiger partial charge in [-0.1, -0.05) is 140 Å². The van der Waals surface area contributed by atoms with Crippen LogP contribution in [0.2, 0.25) is 0 Å². The zero-order valence-corrected chi connectivity index (χ0v) is 29.5. The van der Waals surface area contributed by atoms with Gasteiger partial charge in [-0.15, -0.1) is 11.3 Å². The number of thiophene rings is 1. The second-order valence-electron chi connectivity index (χ2n) is 13.6. The van der Waals surface area contributed by atoms with Crippen molar-refractivity contribution in [2.24, 2.45) is 0 Å². The Kier molecular flexibility index (Phi) is 6.76. The smallest absolute Gasteiger partial charge is 0.143 e. The molecule has 0 atom stereocenters. The van der Waals surface area contributed by atoms with Crippen LogP contribution < -0.4 is 4.90 Å². The molecule has 53 heavy (non-hydrogen) atoms. The number of para-hydroxylation sites is 2. The van der Waals surface area contributed by atoms with Gasteiger partial charge in [-0.25, -0.2) is 0 Å². The van der Waals surface area contributed by atoms with Crippen LogP contribution in [0.15, 0.2) is 192 Å². The van der Waals surface area contributed by atoms with Crippen molar-refractivity contribution in [2.45, 2.75) is 0 Å². The maximum atomic E-state index is 6.82. The van der Waals surface area contributed by atoms with Crippen LogP contribution in [0, 0.1) is 0 Å². The van der Waals surface area contributed by atoms with Crippen LogP contribution in [0.5, 0.6) is 0 Å². The molecule has 3 heteroatoms. The number of anilines is 3. The molecule has 0 bridgehead atoms. The van der Waals surface area contributed by atoms with Crippen molar-refractivity contribution in [1.29, 1.82) is 0 Å². The summed E-state index contributed by atoms with van der Waals surface area (Å²) in [7, 11) is 0. The minimum atomic E-state index is 0.869. The highest BCUT2D eigenvalue weighted by Crippen LogP contribution is 2.48. The van der Waals surface area contributed by atoms with Crippen LogP contribution in [0.3, 0.4) is 0 Å². The van der Waals surface area contributed by atoms with Crippen molar-refractivity contribution in [3.8, 4) is 22.3 Å². The number of rotatable bonds is 5. The molecular formula is C50H31NOS. The molecule has 0 unspecified atom stereocenters. The van der Waals surface area contributed by atoms with Crippen molar-refractivity contribution in [1.82, 2.24) is 0 Å². The summed E-state index contributed by atoms with van der Waals surface area (Å²) in [5.41, 5.74) is 9.98. The van der Waals surface area contributed by atoms with Crippen molar-refractivity contribution in [2.75, 3.05) is 4.90 Å². The van der Waals surface area contributed by atoms with E-state index in [-0.39, 0.29) is 0 Å². The standard InChI is InChI=1S/C50H31NOS/c1-3-15-32(16-4-1)51(33-17-5-2-6-18-33)45-26-14-27-46-48(45)44-31-43(36-21-9-10-23-40(36)49(44)52-46)38-30-29-37(34-19-7-8-20-35(34)38)41-24-13-25-42-39-22-11-12-28-47(39)53-50(41)42/h1-31H. The third-order valence-electron chi connectivity index (χ3n) is 10.7. The summed E-state index contributed by atoms with van der Waals surface area (Å²) in [6.07, 6.45) is 0. The molecule has 0 aliphatic carbocycles. The van der Waals surface area contributed by atoms with Gasteiger partial charge in [0, 0.05) is 47.9 Å². The van der Waals surface area contributed by atoms with E-state index >= 15 is 0 Å². The number of nitrogens with zero attached hydrogens (tertiary/aromatic N) is 1. The molecule has 9 aromatic carbocycles. The van der Waals surface area contributed by atoms with Crippen LogP contribution in [0.25, 0.3) is 85.9 Å². The lowest BCUT2D eigenvalue weighted by molar-refractivity contribution is 0.672.